The van der Waals surface area contributed by atoms with E-state index in [2.05, 4.69) is 10.3 Å². The van der Waals surface area contributed by atoms with Gasteiger partial charge in [-0.05, 0) is 12.1 Å². The summed E-state index contributed by atoms with van der Waals surface area (Å²) in [5, 5.41) is 2.10. The van der Waals surface area contributed by atoms with Gasteiger partial charge in [-0.3, -0.25) is 14.6 Å². The number of amides is 2. The summed E-state index contributed by atoms with van der Waals surface area (Å²) in [5.74, 6) is -1.53. The molecule has 5 nitrogen and oxygen atoms in total. The summed E-state index contributed by atoms with van der Waals surface area (Å²) in [7, 11) is 0. The number of rotatable bonds is 3. The van der Waals surface area contributed by atoms with E-state index >= 15 is 0 Å². The average molecular weight is 247 g/mol. The molecule has 92 valence electrons. The summed E-state index contributed by atoms with van der Waals surface area (Å²) in [4.78, 5) is 24.9. The fourth-order valence-electron chi connectivity index (χ4n) is 0.954. The third kappa shape index (κ3) is 3.74. The van der Waals surface area contributed by atoms with Gasteiger partial charge in [-0.1, -0.05) is 0 Å². The van der Waals surface area contributed by atoms with E-state index in [1.165, 1.54) is 0 Å². The standard InChI is InChI=1S/C9H8F3N3O2/c10-9(11,12)5-1-2-6(14-3-5)8(17)15-4-7(13)16/h1-3H,4H2,(H2,13,16)(H,15,17). The zero-order valence-corrected chi connectivity index (χ0v) is 8.41. The normalized spacial score (nSPS) is 11.0. The fourth-order valence-corrected chi connectivity index (χ4v) is 0.954. The lowest BCUT2D eigenvalue weighted by Crippen LogP contribution is -2.33. The van der Waals surface area contributed by atoms with Crippen LogP contribution in [0.15, 0.2) is 18.3 Å². The number of carbonyl (C=O) groups excluding carboxylic acids is 2. The van der Waals surface area contributed by atoms with Crippen LogP contribution in [-0.2, 0) is 11.0 Å². The van der Waals surface area contributed by atoms with E-state index in [-0.39, 0.29) is 5.69 Å². The lowest BCUT2D eigenvalue weighted by molar-refractivity contribution is -0.137. The Labute approximate surface area is 93.8 Å². The number of pyridine rings is 1. The van der Waals surface area contributed by atoms with Crippen LogP contribution < -0.4 is 11.1 Å². The molecular formula is C9H8F3N3O2. The molecule has 0 aliphatic rings. The molecule has 0 radical (unpaired) electrons. The van der Waals surface area contributed by atoms with Crippen LogP contribution >= 0.6 is 0 Å². The molecule has 0 saturated heterocycles. The number of nitrogens with one attached hydrogen (secondary N) is 1. The first-order chi connectivity index (χ1) is 7.80. The van der Waals surface area contributed by atoms with Gasteiger partial charge in [-0.2, -0.15) is 13.2 Å². The molecule has 2 amide bonds. The van der Waals surface area contributed by atoms with Crippen molar-refractivity contribution in [1.82, 2.24) is 10.3 Å². The molecule has 8 heteroatoms. The van der Waals surface area contributed by atoms with Gasteiger partial charge in [0.2, 0.25) is 5.91 Å². The SMILES string of the molecule is NC(=O)CNC(=O)c1ccc(C(F)(F)F)cn1. The minimum Gasteiger partial charge on any atom is -0.368 e. The molecule has 0 unspecified atom stereocenters. The number of aromatic nitrogens is 1. The van der Waals surface area contributed by atoms with Crippen LogP contribution in [0.1, 0.15) is 16.1 Å². The highest BCUT2D eigenvalue weighted by molar-refractivity contribution is 5.94. The maximum absolute atomic E-state index is 12.2. The van der Waals surface area contributed by atoms with Gasteiger partial charge in [0, 0.05) is 6.20 Å². The predicted molar refractivity (Wildman–Crippen MR) is 50.8 cm³/mol. The van der Waals surface area contributed by atoms with Crippen molar-refractivity contribution in [2.75, 3.05) is 6.54 Å². The number of hydrogen-bond acceptors (Lipinski definition) is 3. The molecular weight excluding hydrogens is 239 g/mol. The zero-order chi connectivity index (χ0) is 13.1. The van der Waals surface area contributed by atoms with Crippen molar-refractivity contribution in [1.29, 1.82) is 0 Å². The van der Waals surface area contributed by atoms with Crippen LogP contribution in [0.3, 0.4) is 0 Å². The maximum Gasteiger partial charge on any atom is 0.417 e. The Bertz CT molecular complexity index is 428. The smallest absolute Gasteiger partial charge is 0.368 e. The molecule has 0 aliphatic carbocycles. The van der Waals surface area contributed by atoms with Crippen LogP contribution in [-0.4, -0.2) is 23.3 Å². The van der Waals surface area contributed by atoms with E-state index < -0.39 is 30.1 Å². The Hall–Kier alpha value is -2.12. The molecule has 0 saturated carbocycles. The van der Waals surface area contributed by atoms with Gasteiger partial charge in [0.25, 0.3) is 5.91 Å². The van der Waals surface area contributed by atoms with Gasteiger partial charge in [-0.25, -0.2) is 0 Å². The van der Waals surface area contributed by atoms with Crippen molar-refractivity contribution in [3.8, 4) is 0 Å². The van der Waals surface area contributed by atoms with Gasteiger partial charge in [0.1, 0.15) is 5.69 Å². The summed E-state index contributed by atoms with van der Waals surface area (Å²) in [6.45, 7) is -0.401. The van der Waals surface area contributed by atoms with E-state index in [0.29, 0.717) is 6.20 Å². The topological polar surface area (TPSA) is 85.1 Å². The largest absolute Gasteiger partial charge is 0.417 e. The first-order valence-corrected chi connectivity index (χ1v) is 4.40. The minimum atomic E-state index is -4.50. The summed E-state index contributed by atoms with van der Waals surface area (Å²) in [5.41, 5.74) is 3.60. The van der Waals surface area contributed by atoms with Gasteiger partial charge < -0.3 is 11.1 Å². The lowest BCUT2D eigenvalue weighted by Gasteiger charge is -2.06. The Morgan fingerprint density at radius 3 is 2.41 bits per heavy atom. The molecule has 0 bridgehead atoms. The van der Waals surface area contributed by atoms with E-state index in [1.54, 1.807) is 0 Å². The third-order valence-corrected chi connectivity index (χ3v) is 1.75. The Morgan fingerprint density at radius 1 is 1.35 bits per heavy atom. The molecule has 1 aromatic heterocycles. The van der Waals surface area contributed by atoms with E-state index in [1.807, 2.05) is 0 Å². The fraction of sp³-hybridized carbons (Fsp3) is 0.222. The summed E-state index contributed by atoms with van der Waals surface area (Å²) in [6.07, 6.45) is -3.96. The van der Waals surface area contributed by atoms with Crippen molar-refractivity contribution >= 4 is 11.8 Å². The quantitative estimate of drug-likeness (QED) is 0.806. The van der Waals surface area contributed by atoms with Crippen LogP contribution in [0.2, 0.25) is 0 Å². The second-order valence-corrected chi connectivity index (χ2v) is 3.08. The van der Waals surface area contributed by atoms with Crippen molar-refractivity contribution in [2.45, 2.75) is 6.18 Å². The summed E-state index contributed by atoms with van der Waals surface area (Å²) < 4.78 is 36.5. The van der Waals surface area contributed by atoms with Crippen LogP contribution in [0, 0.1) is 0 Å². The monoisotopic (exact) mass is 247 g/mol. The highest BCUT2D eigenvalue weighted by Gasteiger charge is 2.30. The molecule has 0 atom stereocenters. The summed E-state index contributed by atoms with van der Waals surface area (Å²) >= 11 is 0. The molecule has 3 N–H and O–H groups in total. The number of alkyl halides is 3. The third-order valence-electron chi connectivity index (χ3n) is 1.75. The molecule has 0 spiro atoms. The highest BCUT2D eigenvalue weighted by Crippen LogP contribution is 2.28. The van der Waals surface area contributed by atoms with Crippen molar-refractivity contribution in [2.24, 2.45) is 5.73 Å². The van der Waals surface area contributed by atoms with Gasteiger partial charge in [-0.15, -0.1) is 0 Å². The number of carbonyl (C=O) groups is 2. The molecule has 0 aliphatic heterocycles. The van der Waals surface area contributed by atoms with Crippen molar-refractivity contribution in [3.63, 3.8) is 0 Å². The van der Waals surface area contributed by atoms with Crippen LogP contribution in [0.25, 0.3) is 0 Å². The van der Waals surface area contributed by atoms with Crippen molar-refractivity contribution < 1.29 is 22.8 Å². The van der Waals surface area contributed by atoms with Crippen LogP contribution in [0.4, 0.5) is 13.2 Å². The van der Waals surface area contributed by atoms with Crippen molar-refractivity contribution in [3.05, 3.63) is 29.6 Å². The molecule has 0 aromatic carbocycles. The second kappa shape index (κ2) is 4.81. The molecule has 17 heavy (non-hydrogen) atoms. The van der Waals surface area contributed by atoms with Gasteiger partial charge in [0.05, 0.1) is 12.1 Å². The molecule has 1 aromatic rings. The number of nitrogens with zero attached hydrogens (tertiary/aromatic N) is 1. The number of primary amides is 1. The van der Waals surface area contributed by atoms with E-state index in [9.17, 15) is 22.8 Å². The van der Waals surface area contributed by atoms with Gasteiger partial charge >= 0.3 is 6.18 Å². The molecule has 1 heterocycles. The molecule has 1 rings (SSSR count). The Kier molecular flexibility index (Phi) is 3.66. The number of halogens is 3. The lowest BCUT2D eigenvalue weighted by atomic mass is 10.2. The highest BCUT2D eigenvalue weighted by atomic mass is 19.4. The van der Waals surface area contributed by atoms with E-state index in [0.717, 1.165) is 12.1 Å². The Morgan fingerprint density at radius 2 is 2.00 bits per heavy atom. The second-order valence-electron chi connectivity index (χ2n) is 3.08. The Balaban J connectivity index is 2.74. The number of hydrogen-bond donors (Lipinski definition) is 2. The molecule has 0 fully saturated rings. The van der Waals surface area contributed by atoms with Crippen LogP contribution in [0.5, 0.6) is 0 Å². The van der Waals surface area contributed by atoms with E-state index in [4.69, 9.17) is 5.73 Å². The number of nitrogens with two attached hydrogens (primary N) is 1. The van der Waals surface area contributed by atoms with Gasteiger partial charge in [0.15, 0.2) is 0 Å². The zero-order valence-electron chi connectivity index (χ0n) is 8.41. The maximum atomic E-state index is 12.2. The first-order valence-electron chi connectivity index (χ1n) is 4.40. The average Bonchev–Trinajstić information content (AvgIpc) is 2.25. The first kappa shape index (κ1) is 12.9. The summed E-state index contributed by atoms with van der Waals surface area (Å²) in [6, 6.07) is 1.64. The predicted octanol–water partition coefficient (Wildman–Crippen LogP) is 0.315. The minimum absolute atomic E-state index is 0.223.